The van der Waals surface area contributed by atoms with E-state index < -0.39 is 19.9 Å². The number of sulfone groups is 1. The van der Waals surface area contributed by atoms with Gasteiger partial charge in [-0.2, -0.15) is 4.31 Å². The van der Waals surface area contributed by atoms with E-state index >= 15 is 0 Å². The Hall–Kier alpha value is -0.670. The van der Waals surface area contributed by atoms with E-state index in [-0.39, 0.29) is 28.0 Å². The van der Waals surface area contributed by atoms with Crippen LogP contribution in [0.1, 0.15) is 0 Å². The van der Waals surface area contributed by atoms with Gasteiger partial charge in [0.1, 0.15) is 4.90 Å². The molecule has 1 aromatic carbocycles. The molecule has 0 saturated carbocycles. The number of rotatable bonds is 5. The molecular weight excluding hydrogens is 314 g/mol. The van der Waals surface area contributed by atoms with Crippen LogP contribution in [0.4, 0.5) is 0 Å². The molecule has 0 fully saturated rings. The number of hydrogen-bond acceptors (Lipinski definition) is 5. The van der Waals surface area contributed by atoms with Crippen molar-refractivity contribution in [2.24, 2.45) is 0 Å². The summed E-state index contributed by atoms with van der Waals surface area (Å²) in [5, 5.41) is 8.69. The van der Waals surface area contributed by atoms with Crippen LogP contribution in [0.2, 0.25) is 5.02 Å². The standard InChI is InChI=1S/C10H14ClNO5S2/c1-12(5-6-13)19(16,17)10-7-8(18(2,14)15)3-4-9(10)11/h3-4,7,13H,5-6H2,1-2H3. The molecule has 19 heavy (non-hydrogen) atoms. The highest BCUT2D eigenvalue weighted by Gasteiger charge is 2.25. The summed E-state index contributed by atoms with van der Waals surface area (Å²) >= 11 is 5.81. The van der Waals surface area contributed by atoms with E-state index in [0.29, 0.717) is 0 Å². The zero-order valence-electron chi connectivity index (χ0n) is 10.4. The molecule has 0 radical (unpaired) electrons. The molecule has 0 aromatic heterocycles. The smallest absolute Gasteiger partial charge is 0.244 e. The van der Waals surface area contributed by atoms with Crippen molar-refractivity contribution in [3.8, 4) is 0 Å². The lowest BCUT2D eigenvalue weighted by atomic mass is 10.4. The Bertz CT molecular complexity index is 669. The third-order valence-electron chi connectivity index (χ3n) is 2.43. The minimum absolute atomic E-state index is 0.0720. The van der Waals surface area contributed by atoms with Crippen molar-refractivity contribution < 1.29 is 21.9 Å². The molecule has 0 heterocycles. The van der Waals surface area contributed by atoms with Gasteiger partial charge < -0.3 is 5.11 Å². The predicted molar refractivity (Wildman–Crippen MR) is 71.5 cm³/mol. The largest absolute Gasteiger partial charge is 0.395 e. The highest BCUT2D eigenvalue weighted by Crippen LogP contribution is 2.26. The Balaban J connectivity index is 3.43. The Morgan fingerprint density at radius 3 is 2.32 bits per heavy atom. The third-order valence-corrected chi connectivity index (χ3v) is 5.88. The molecule has 1 aromatic rings. The molecule has 0 unspecified atom stereocenters. The quantitative estimate of drug-likeness (QED) is 0.843. The van der Waals surface area contributed by atoms with E-state index in [1.54, 1.807) is 0 Å². The predicted octanol–water partition coefficient (Wildman–Crippen LogP) is 0.356. The summed E-state index contributed by atoms with van der Waals surface area (Å²) < 4.78 is 48.1. The van der Waals surface area contributed by atoms with Gasteiger partial charge in [0.05, 0.1) is 16.5 Å². The minimum atomic E-state index is -3.94. The fourth-order valence-electron chi connectivity index (χ4n) is 1.34. The highest BCUT2D eigenvalue weighted by molar-refractivity contribution is 7.91. The molecule has 0 aliphatic rings. The molecule has 1 N–H and O–H groups in total. The number of sulfonamides is 1. The van der Waals surface area contributed by atoms with Crippen LogP contribution in [0.5, 0.6) is 0 Å². The Morgan fingerprint density at radius 1 is 1.26 bits per heavy atom. The number of hydrogen-bond donors (Lipinski definition) is 1. The van der Waals surface area contributed by atoms with E-state index in [9.17, 15) is 16.8 Å². The maximum Gasteiger partial charge on any atom is 0.244 e. The normalized spacial score (nSPS) is 12.9. The second kappa shape index (κ2) is 5.76. The fraction of sp³-hybridized carbons (Fsp3) is 0.400. The van der Waals surface area contributed by atoms with E-state index in [1.807, 2.05) is 0 Å². The summed E-state index contributed by atoms with van der Waals surface area (Å²) in [5.74, 6) is 0. The van der Waals surface area contributed by atoms with Gasteiger partial charge in [-0.1, -0.05) is 11.6 Å². The average Bonchev–Trinajstić information content (AvgIpc) is 2.28. The van der Waals surface area contributed by atoms with Crippen molar-refractivity contribution in [2.45, 2.75) is 9.79 Å². The zero-order chi connectivity index (χ0) is 14.8. The highest BCUT2D eigenvalue weighted by atomic mass is 35.5. The van der Waals surface area contributed by atoms with E-state index in [4.69, 9.17) is 16.7 Å². The van der Waals surface area contributed by atoms with Crippen LogP contribution in [-0.4, -0.2) is 52.7 Å². The summed E-state index contributed by atoms with van der Waals surface area (Å²) in [4.78, 5) is -0.430. The average molecular weight is 328 g/mol. The third kappa shape index (κ3) is 3.67. The van der Waals surface area contributed by atoms with Crippen LogP contribution in [0.25, 0.3) is 0 Å². The Morgan fingerprint density at radius 2 is 1.84 bits per heavy atom. The maximum absolute atomic E-state index is 12.2. The van der Waals surface area contributed by atoms with Gasteiger partial charge in [-0.25, -0.2) is 16.8 Å². The van der Waals surface area contributed by atoms with Crippen molar-refractivity contribution in [3.63, 3.8) is 0 Å². The number of aliphatic hydroxyl groups excluding tert-OH is 1. The second-order valence-electron chi connectivity index (χ2n) is 3.91. The Kier molecular flexibility index (Phi) is 4.97. The first-order valence-corrected chi connectivity index (χ1v) is 8.88. The van der Waals surface area contributed by atoms with Gasteiger partial charge in [-0.05, 0) is 18.2 Å². The first-order valence-electron chi connectivity index (χ1n) is 5.17. The van der Waals surface area contributed by atoms with Gasteiger partial charge in [0, 0.05) is 19.8 Å². The van der Waals surface area contributed by atoms with Crippen molar-refractivity contribution in [3.05, 3.63) is 23.2 Å². The summed E-state index contributed by atoms with van der Waals surface area (Å²) in [7, 11) is -6.20. The van der Waals surface area contributed by atoms with E-state index in [2.05, 4.69) is 0 Å². The van der Waals surface area contributed by atoms with E-state index in [1.165, 1.54) is 19.2 Å². The van der Waals surface area contributed by atoms with Gasteiger partial charge in [0.2, 0.25) is 10.0 Å². The zero-order valence-corrected chi connectivity index (χ0v) is 12.8. The fourth-order valence-corrected chi connectivity index (χ4v) is 3.72. The van der Waals surface area contributed by atoms with Crippen molar-refractivity contribution in [1.82, 2.24) is 4.31 Å². The molecule has 0 atom stereocenters. The van der Waals surface area contributed by atoms with Crippen molar-refractivity contribution >= 4 is 31.5 Å². The van der Waals surface area contributed by atoms with Crippen LogP contribution < -0.4 is 0 Å². The lowest BCUT2D eigenvalue weighted by molar-refractivity contribution is 0.266. The van der Waals surface area contributed by atoms with Crippen molar-refractivity contribution in [2.75, 3.05) is 26.5 Å². The van der Waals surface area contributed by atoms with E-state index in [0.717, 1.165) is 16.6 Å². The minimum Gasteiger partial charge on any atom is -0.395 e. The lowest BCUT2D eigenvalue weighted by Gasteiger charge is -2.17. The molecule has 0 bridgehead atoms. The summed E-state index contributed by atoms with van der Waals surface area (Å²) in [6, 6.07) is 3.47. The monoisotopic (exact) mass is 327 g/mol. The lowest BCUT2D eigenvalue weighted by Crippen LogP contribution is -2.30. The summed E-state index contributed by atoms with van der Waals surface area (Å²) in [6.45, 7) is -0.457. The number of aliphatic hydroxyl groups is 1. The molecule has 0 spiro atoms. The molecule has 0 saturated heterocycles. The molecule has 1 rings (SSSR count). The number of halogens is 1. The van der Waals surface area contributed by atoms with Gasteiger partial charge in [-0.15, -0.1) is 0 Å². The number of benzene rings is 1. The van der Waals surface area contributed by atoms with Crippen LogP contribution in [0.15, 0.2) is 28.0 Å². The molecule has 0 aliphatic carbocycles. The van der Waals surface area contributed by atoms with Gasteiger partial charge in [-0.3, -0.25) is 0 Å². The molecule has 9 heteroatoms. The Labute approximate surface area is 117 Å². The van der Waals surface area contributed by atoms with Crippen LogP contribution >= 0.6 is 11.6 Å². The van der Waals surface area contributed by atoms with Gasteiger partial charge in [0.15, 0.2) is 9.84 Å². The van der Waals surface area contributed by atoms with Crippen LogP contribution in [0, 0.1) is 0 Å². The van der Waals surface area contributed by atoms with Crippen LogP contribution in [-0.2, 0) is 19.9 Å². The topological polar surface area (TPSA) is 91.8 Å². The number of likely N-dealkylation sites (N-methyl/N-ethyl adjacent to an activating group) is 1. The molecule has 0 aliphatic heterocycles. The van der Waals surface area contributed by atoms with Crippen molar-refractivity contribution in [1.29, 1.82) is 0 Å². The molecule has 0 amide bonds. The SMILES string of the molecule is CN(CCO)S(=O)(=O)c1cc(S(C)(=O)=O)ccc1Cl. The molecule has 108 valence electrons. The van der Waals surface area contributed by atoms with Gasteiger partial charge in [0.25, 0.3) is 0 Å². The summed E-state index contributed by atoms with van der Waals surface area (Å²) in [5.41, 5.74) is 0. The first-order chi connectivity index (χ1) is 8.60. The molecule has 6 nitrogen and oxygen atoms in total. The summed E-state index contributed by atoms with van der Waals surface area (Å²) in [6.07, 6.45) is 0.976. The molecular formula is C10H14ClNO5S2. The van der Waals surface area contributed by atoms with Gasteiger partial charge >= 0.3 is 0 Å². The first kappa shape index (κ1) is 16.4. The van der Waals surface area contributed by atoms with Crippen LogP contribution in [0.3, 0.4) is 0 Å². The number of nitrogens with zero attached hydrogens (tertiary/aromatic N) is 1. The maximum atomic E-state index is 12.2. The second-order valence-corrected chi connectivity index (χ2v) is 8.35.